The Labute approximate surface area is 77.2 Å². The third-order valence-electron chi connectivity index (χ3n) is 1.82. The molecule has 0 aliphatic rings. The van der Waals surface area contributed by atoms with Gasteiger partial charge in [-0.2, -0.15) is 0 Å². The van der Waals surface area contributed by atoms with E-state index in [1.54, 1.807) is 0 Å². The molecule has 1 aromatic heterocycles. The number of aromatic carboxylic acids is 1. The number of carbonyl (C=O) groups is 1. The van der Waals surface area contributed by atoms with Crippen LogP contribution in [-0.2, 0) is 0 Å². The van der Waals surface area contributed by atoms with Gasteiger partial charge < -0.3 is 14.6 Å². The molecule has 0 radical (unpaired) electrons. The molecule has 0 unspecified atom stereocenters. The van der Waals surface area contributed by atoms with Gasteiger partial charge >= 0.3 is 5.97 Å². The lowest BCUT2D eigenvalue weighted by atomic mass is 10.2. The lowest BCUT2D eigenvalue weighted by Gasteiger charge is -1.93. The third kappa shape index (κ3) is 1.10. The minimum atomic E-state index is -1.26. The summed E-state index contributed by atoms with van der Waals surface area (Å²) in [6.45, 7) is 0. The number of carboxylic acids is 1. The maximum absolute atomic E-state index is 12.8. The van der Waals surface area contributed by atoms with Crippen LogP contribution in [0.3, 0.4) is 0 Å². The summed E-state index contributed by atoms with van der Waals surface area (Å²) in [5.41, 5.74) is -0.151. The second kappa shape index (κ2) is 2.73. The van der Waals surface area contributed by atoms with Crippen molar-refractivity contribution in [3.63, 3.8) is 0 Å². The van der Waals surface area contributed by atoms with Gasteiger partial charge in [-0.15, -0.1) is 0 Å². The van der Waals surface area contributed by atoms with E-state index in [0.717, 1.165) is 6.07 Å². The summed E-state index contributed by atoms with van der Waals surface area (Å²) in [5, 5.41) is 18.1. The van der Waals surface area contributed by atoms with Crippen LogP contribution in [0.4, 0.5) is 4.39 Å². The average Bonchev–Trinajstić information content (AvgIpc) is 2.56. The SMILES string of the molecule is O=C(O)c1cc2ccc(F)c(O)c2o1. The molecule has 0 amide bonds. The highest BCUT2D eigenvalue weighted by molar-refractivity contribution is 5.93. The molecule has 2 N–H and O–H groups in total. The number of aromatic hydroxyl groups is 1. The molecule has 14 heavy (non-hydrogen) atoms. The van der Waals surface area contributed by atoms with Crippen LogP contribution in [-0.4, -0.2) is 16.2 Å². The van der Waals surface area contributed by atoms with Gasteiger partial charge in [0.15, 0.2) is 17.1 Å². The number of phenols is 1. The van der Waals surface area contributed by atoms with Crippen LogP contribution >= 0.6 is 0 Å². The first-order chi connectivity index (χ1) is 6.59. The maximum atomic E-state index is 12.8. The van der Waals surface area contributed by atoms with E-state index in [9.17, 15) is 14.3 Å². The Balaban J connectivity index is 2.77. The van der Waals surface area contributed by atoms with Crippen LogP contribution < -0.4 is 0 Å². The Morgan fingerprint density at radius 3 is 2.79 bits per heavy atom. The number of rotatable bonds is 1. The lowest BCUT2D eigenvalue weighted by molar-refractivity contribution is 0.0665. The van der Waals surface area contributed by atoms with Crippen molar-refractivity contribution in [2.24, 2.45) is 0 Å². The number of hydrogen-bond donors (Lipinski definition) is 2. The molecule has 0 bridgehead atoms. The normalized spacial score (nSPS) is 10.6. The molecule has 0 spiro atoms. The van der Waals surface area contributed by atoms with E-state index >= 15 is 0 Å². The van der Waals surface area contributed by atoms with Crippen LogP contribution in [0.1, 0.15) is 10.6 Å². The minimum Gasteiger partial charge on any atom is -0.502 e. The molecule has 2 rings (SSSR count). The van der Waals surface area contributed by atoms with Crippen LogP contribution in [0, 0.1) is 5.82 Å². The molecular formula is C9H5FO4. The van der Waals surface area contributed by atoms with Crippen molar-refractivity contribution >= 4 is 16.9 Å². The van der Waals surface area contributed by atoms with E-state index in [0.29, 0.717) is 5.39 Å². The number of furan rings is 1. The molecule has 4 nitrogen and oxygen atoms in total. The van der Waals surface area contributed by atoms with Gasteiger partial charge in [-0.25, -0.2) is 9.18 Å². The number of phenolic OH excluding ortho intramolecular Hbond substituents is 1. The topological polar surface area (TPSA) is 70.7 Å². The molecule has 1 aromatic carbocycles. The van der Waals surface area contributed by atoms with Gasteiger partial charge in [-0.3, -0.25) is 0 Å². The predicted molar refractivity (Wildman–Crippen MR) is 44.8 cm³/mol. The smallest absolute Gasteiger partial charge is 0.371 e. The Kier molecular flexibility index (Phi) is 1.67. The number of halogens is 1. The van der Waals surface area contributed by atoms with E-state index in [4.69, 9.17) is 9.52 Å². The first-order valence-corrected chi connectivity index (χ1v) is 3.74. The summed E-state index contributed by atoms with van der Waals surface area (Å²) >= 11 is 0. The van der Waals surface area contributed by atoms with Gasteiger partial charge in [0.1, 0.15) is 0 Å². The molecule has 0 saturated carbocycles. The fraction of sp³-hybridized carbons (Fsp3) is 0. The Morgan fingerprint density at radius 2 is 2.14 bits per heavy atom. The fourth-order valence-corrected chi connectivity index (χ4v) is 1.17. The van der Waals surface area contributed by atoms with Crippen molar-refractivity contribution in [3.8, 4) is 5.75 Å². The summed E-state index contributed by atoms with van der Waals surface area (Å²) < 4.78 is 17.6. The van der Waals surface area contributed by atoms with Gasteiger partial charge in [0, 0.05) is 5.39 Å². The van der Waals surface area contributed by atoms with Crippen LogP contribution in [0.15, 0.2) is 22.6 Å². The zero-order chi connectivity index (χ0) is 10.3. The quantitative estimate of drug-likeness (QED) is 0.731. The number of hydrogen-bond acceptors (Lipinski definition) is 3. The van der Waals surface area contributed by atoms with Crippen LogP contribution in [0.2, 0.25) is 0 Å². The van der Waals surface area contributed by atoms with E-state index < -0.39 is 17.5 Å². The molecule has 0 saturated heterocycles. The van der Waals surface area contributed by atoms with Crippen LogP contribution in [0.25, 0.3) is 11.0 Å². The Morgan fingerprint density at radius 1 is 1.43 bits per heavy atom. The van der Waals surface area contributed by atoms with Crippen molar-refractivity contribution in [3.05, 3.63) is 29.8 Å². The summed E-state index contributed by atoms with van der Waals surface area (Å²) in [7, 11) is 0. The Bertz CT molecular complexity index is 515. The Hall–Kier alpha value is -2.04. The highest BCUT2D eigenvalue weighted by Crippen LogP contribution is 2.30. The fourth-order valence-electron chi connectivity index (χ4n) is 1.17. The monoisotopic (exact) mass is 196 g/mol. The largest absolute Gasteiger partial charge is 0.502 e. The summed E-state index contributed by atoms with van der Waals surface area (Å²) in [6, 6.07) is 3.59. The zero-order valence-electron chi connectivity index (χ0n) is 6.82. The number of fused-ring (bicyclic) bond motifs is 1. The highest BCUT2D eigenvalue weighted by Gasteiger charge is 2.15. The van der Waals surface area contributed by atoms with Crippen molar-refractivity contribution < 1.29 is 23.8 Å². The van der Waals surface area contributed by atoms with E-state index in [-0.39, 0.29) is 11.3 Å². The molecule has 0 aliphatic heterocycles. The van der Waals surface area contributed by atoms with E-state index in [1.807, 2.05) is 0 Å². The van der Waals surface area contributed by atoms with Gasteiger partial charge in [0.25, 0.3) is 0 Å². The molecule has 2 aromatic rings. The molecule has 0 fully saturated rings. The van der Waals surface area contributed by atoms with Crippen molar-refractivity contribution in [2.45, 2.75) is 0 Å². The van der Waals surface area contributed by atoms with E-state index in [1.165, 1.54) is 12.1 Å². The van der Waals surface area contributed by atoms with Gasteiger partial charge in [0.05, 0.1) is 0 Å². The summed E-state index contributed by atoms with van der Waals surface area (Å²) in [5.74, 6) is -3.11. The first kappa shape index (κ1) is 8.55. The second-order valence-electron chi connectivity index (χ2n) is 2.73. The summed E-state index contributed by atoms with van der Waals surface area (Å²) in [4.78, 5) is 10.5. The second-order valence-corrected chi connectivity index (χ2v) is 2.73. The number of carboxylic acid groups (broad SMARTS) is 1. The van der Waals surface area contributed by atoms with Crippen LogP contribution in [0.5, 0.6) is 5.75 Å². The van der Waals surface area contributed by atoms with Gasteiger partial charge in [-0.1, -0.05) is 0 Å². The van der Waals surface area contributed by atoms with Crippen molar-refractivity contribution in [1.82, 2.24) is 0 Å². The first-order valence-electron chi connectivity index (χ1n) is 3.74. The zero-order valence-corrected chi connectivity index (χ0v) is 6.82. The average molecular weight is 196 g/mol. The van der Waals surface area contributed by atoms with E-state index in [2.05, 4.69) is 0 Å². The van der Waals surface area contributed by atoms with Gasteiger partial charge in [0.2, 0.25) is 5.76 Å². The molecule has 0 aliphatic carbocycles. The maximum Gasteiger partial charge on any atom is 0.371 e. The standard InChI is InChI=1S/C9H5FO4/c10-5-2-1-4-3-6(9(12)13)14-8(4)7(5)11/h1-3,11H,(H,12,13). The third-order valence-corrected chi connectivity index (χ3v) is 1.82. The lowest BCUT2D eigenvalue weighted by Crippen LogP contribution is -1.91. The highest BCUT2D eigenvalue weighted by atomic mass is 19.1. The molecule has 5 heteroatoms. The molecule has 1 heterocycles. The van der Waals surface area contributed by atoms with Crippen molar-refractivity contribution in [1.29, 1.82) is 0 Å². The molecule has 0 atom stereocenters. The molecular weight excluding hydrogens is 191 g/mol. The summed E-state index contributed by atoms with van der Waals surface area (Å²) in [6.07, 6.45) is 0. The van der Waals surface area contributed by atoms with Crippen molar-refractivity contribution in [2.75, 3.05) is 0 Å². The number of benzene rings is 1. The molecule has 72 valence electrons. The predicted octanol–water partition coefficient (Wildman–Crippen LogP) is 1.98. The minimum absolute atomic E-state index is 0.151. The van der Waals surface area contributed by atoms with Gasteiger partial charge in [-0.05, 0) is 18.2 Å².